The Balaban J connectivity index is 3.51. The van der Waals surface area contributed by atoms with Crippen molar-refractivity contribution in [1.82, 2.24) is 0 Å². The van der Waals surface area contributed by atoms with Gasteiger partial charge in [0.2, 0.25) is 0 Å². The van der Waals surface area contributed by atoms with Gasteiger partial charge < -0.3 is 4.74 Å². The van der Waals surface area contributed by atoms with Crippen LogP contribution in [0.2, 0.25) is 0 Å². The monoisotopic (exact) mass is 336 g/mol. The lowest BCUT2D eigenvalue weighted by Gasteiger charge is -2.15. The van der Waals surface area contributed by atoms with Crippen molar-refractivity contribution in [3.05, 3.63) is 12.2 Å². The zero-order valence-electron chi connectivity index (χ0n) is 12.1. The molecule has 4 nitrogen and oxygen atoms in total. The standard InChI is InChI=1S/C14H25BrO4/c1-11(2)12(19-17)9-7-5-6-8-10-18-13(16)14(3,4)15/h12,17H,1,5-10H2,2-4H3. The van der Waals surface area contributed by atoms with E-state index < -0.39 is 4.32 Å². The van der Waals surface area contributed by atoms with Gasteiger partial charge in [0.05, 0.1) is 6.61 Å². The number of unbranched alkanes of at least 4 members (excludes halogenated alkanes) is 3. The lowest BCUT2D eigenvalue weighted by molar-refractivity contribution is -0.269. The fourth-order valence-electron chi connectivity index (χ4n) is 1.51. The molecule has 19 heavy (non-hydrogen) atoms. The van der Waals surface area contributed by atoms with Crippen LogP contribution in [0.4, 0.5) is 0 Å². The molecule has 0 amide bonds. The molecule has 0 aliphatic heterocycles. The van der Waals surface area contributed by atoms with Crippen molar-refractivity contribution in [3.8, 4) is 0 Å². The predicted octanol–water partition coefficient (Wildman–Crippen LogP) is 4.09. The Kier molecular flexibility index (Phi) is 9.31. The SMILES string of the molecule is C=C(C)C(CCCCCCOC(=O)C(C)(C)Br)OO. The van der Waals surface area contributed by atoms with E-state index in [1.807, 2.05) is 6.92 Å². The van der Waals surface area contributed by atoms with Crippen LogP contribution in [0.25, 0.3) is 0 Å². The van der Waals surface area contributed by atoms with Crippen molar-refractivity contribution in [3.63, 3.8) is 0 Å². The number of esters is 1. The third-order valence-electron chi connectivity index (χ3n) is 2.76. The largest absolute Gasteiger partial charge is 0.465 e. The Labute approximate surface area is 124 Å². The molecule has 0 radical (unpaired) electrons. The van der Waals surface area contributed by atoms with Gasteiger partial charge in [0.25, 0.3) is 0 Å². The summed E-state index contributed by atoms with van der Waals surface area (Å²) in [5.74, 6) is -0.233. The summed E-state index contributed by atoms with van der Waals surface area (Å²) in [5.41, 5.74) is 0.830. The summed E-state index contributed by atoms with van der Waals surface area (Å²) >= 11 is 3.25. The second-order valence-electron chi connectivity index (χ2n) is 5.25. The summed E-state index contributed by atoms with van der Waals surface area (Å²) in [4.78, 5) is 15.8. The normalized spacial score (nSPS) is 13.1. The molecule has 0 rings (SSSR count). The van der Waals surface area contributed by atoms with Crippen LogP contribution in [-0.4, -0.2) is 28.3 Å². The fraction of sp³-hybridized carbons (Fsp3) is 0.786. The first kappa shape index (κ1) is 18.6. The Bertz CT molecular complexity index is 284. The Morgan fingerprint density at radius 3 is 2.37 bits per heavy atom. The predicted molar refractivity (Wildman–Crippen MR) is 79.4 cm³/mol. The summed E-state index contributed by atoms with van der Waals surface area (Å²) in [6.07, 6.45) is 4.31. The highest BCUT2D eigenvalue weighted by Crippen LogP contribution is 2.18. The maximum absolute atomic E-state index is 11.4. The van der Waals surface area contributed by atoms with Gasteiger partial charge in [0.1, 0.15) is 10.4 Å². The van der Waals surface area contributed by atoms with Crippen LogP contribution in [0.5, 0.6) is 0 Å². The molecule has 0 aromatic heterocycles. The van der Waals surface area contributed by atoms with Crippen LogP contribution in [0.1, 0.15) is 52.9 Å². The topological polar surface area (TPSA) is 55.8 Å². The highest BCUT2D eigenvalue weighted by molar-refractivity contribution is 9.10. The smallest absolute Gasteiger partial charge is 0.322 e. The van der Waals surface area contributed by atoms with E-state index in [1.54, 1.807) is 13.8 Å². The van der Waals surface area contributed by atoms with Crippen LogP contribution in [0, 0.1) is 0 Å². The molecule has 0 aromatic rings. The van der Waals surface area contributed by atoms with Crippen molar-refractivity contribution in [2.45, 2.75) is 63.3 Å². The zero-order valence-corrected chi connectivity index (χ0v) is 13.7. The maximum Gasteiger partial charge on any atom is 0.322 e. The maximum atomic E-state index is 11.4. The lowest BCUT2D eigenvalue weighted by Crippen LogP contribution is -2.26. The number of carbonyl (C=O) groups is 1. The molecule has 0 aromatic carbocycles. The Hall–Kier alpha value is -0.390. The van der Waals surface area contributed by atoms with Gasteiger partial charge in [-0.3, -0.25) is 10.1 Å². The minimum absolute atomic E-state index is 0.233. The molecular formula is C14H25BrO4. The first-order valence-electron chi connectivity index (χ1n) is 6.60. The highest BCUT2D eigenvalue weighted by Gasteiger charge is 2.24. The summed E-state index contributed by atoms with van der Waals surface area (Å²) in [6.45, 7) is 9.57. The number of hydrogen-bond donors (Lipinski definition) is 1. The van der Waals surface area contributed by atoms with E-state index in [1.165, 1.54) is 0 Å². The van der Waals surface area contributed by atoms with Crippen molar-refractivity contribution >= 4 is 21.9 Å². The van der Waals surface area contributed by atoms with E-state index in [9.17, 15) is 4.79 Å². The van der Waals surface area contributed by atoms with Crippen molar-refractivity contribution in [1.29, 1.82) is 0 Å². The van der Waals surface area contributed by atoms with Gasteiger partial charge in [-0.2, -0.15) is 0 Å². The van der Waals surface area contributed by atoms with Gasteiger partial charge in [-0.25, -0.2) is 4.89 Å². The molecule has 1 atom stereocenters. The van der Waals surface area contributed by atoms with E-state index in [0.717, 1.165) is 37.7 Å². The minimum Gasteiger partial charge on any atom is -0.465 e. The molecule has 0 aliphatic carbocycles. The number of carbonyl (C=O) groups excluding carboxylic acids is 1. The van der Waals surface area contributed by atoms with Crippen LogP contribution >= 0.6 is 15.9 Å². The number of halogens is 1. The molecule has 0 saturated carbocycles. The van der Waals surface area contributed by atoms with E-state index in [-0.39, 0.29) is 12.1 Å². The quantitative estimate of drug-likeness (QED) is 0.163. The Morgan fingerprint density at radius 2 is 1.89 bits per heavy atom. The van der Waals surface area contributed by atoms with E-state index >= 15 is 0 Å². The minimum atomic E-state index is -0.611. The van der Waals surface area contributed by atoms with Gasteiger partial charge in [-0.1, -0.05) is 41.8 Å². The number of rotatable bonds is 10. The second-order valence-corrected chi connectivity index (χ2v) is 7.23. The van der Waals surface area contributed by atoms with Crippen LogP contribution in [0.3, 0.4) is 0 Å². The van der Waals surface area contributed by atoms with Crippen molar-refractivity contribution in [2.24, 2.45) is 0 Å². The van der Waals surface area contributed by atoms with Gasteiger partial charge >= 0.3 is 5.97 Å². The summed E-state index contributed by atoms with van der Waals surface area (Å²) in [7, 11) is 0. The molecule has 1 unspecified atom stereocenters. The molecule has 1 N–H and O–H groups in total. The molecule has 112 valence electrons. The number of alkyl halides is 1. The molecule has 0 heterocycles. The summed E-state index contributed by atoms with van der Waals surface area (Å²) < 4.78 is 4.52. The Morgan fingerprint density at radius 1 is 1.32 bits per heavy atom. The third kappa shape index (κ3) is 9.19. The van der Waals surface area contributed by atoms with Crippen molar-refractivity contribution in [2.75, 3.05) is 6.61 Å². The van der Waals surface area contributed by atoms with Gasteiger partial charge in [-0.05, 0) is 39.2 Å². The van der Waals surface area contributed by atoms with Crippen molar-refractivity contribution < 1.29 is 19.7 Å². The first-order valence-corrected chi connectivity index (χ1v) is 7.40. The van der Waals surface area contributed by atoms with Gasteiger partial charge in [-0.15, -0.1) is 0 Å². The van der Waals surface area contributed by atoms with Crippen LogP contribution in [0.15, 0.2) is 12.2 Å². The molecule has 0 fully saturated rings. The summed E-state index contributed by atoms with van der Waals surface area (Å²) in [6, 6.07) is 0. The highest BCUT2D eigenvalue weighted by atomic mass is 79.9. The molecular weight excluding hydrogens is 312 g/mol. The molecule has 5 heteroatoms. The molecule has 0 aliphatic rings. The van der Waals surface area contributed by atoms with Gasteiger partial charge in [0.15, 0.2) is 0 Å². The second kappa shape index (κ2) is 9.50. The average Bonchev–Trinajstić information content (AvgIpc) is 2.30. The average molecular weight is 337 g/mol. The van der Waals surface area contributed by atoms with E-state index in [0.29, 0.717) is 6.61 Å². The number of ether oxygens (including phenoxy) is 1. The third-order valence-corrected chi connectivity index (χ3v) is 3.08. The molecule has 0 saturated heterocycles. The van der Waals surface area contributed by atoms with Crippen LogP contribution < -0.4 is 0 Å². The molecule has 0 bridgehead atoms. The van der Waals surface area contributed by atoms with Crippen LogP contribution in [-0.2, 0) is 14.4 Å². The fourth-order valence-corrected chi connectivity index (χ4v) is 1.63. The first-order chi connectivity index (χ1) is 8.79. The molecule has 0 spiro atoms. The zero-order chi connectivity index (χ0) is 14.9. The lowest BCUT2D eigenvalue weighted by atomic mass is 10.1. The van der Waals surface area contributed by atoms with Gasteiger partial charge in [0, 0.05) is 0 Å². The van der Waals surface area contributed by atoms with E-state index in [2.05, 4.69) is 27.4 Å². The number of hydrogen-bond acceptors (Lipinski definition) is 4. The summed E-state index contributed by atoms with van der Waals surface area (Å²) in [5, 5.41) is 8.65. The van der Waals surface area contributed by atoms with E-state index in [4.69, 9.17) is 9.99 Å².